The maximum absolute atomic E-state index is 4.26. The van der Waals surface area contributed by atoms with Gasteiger partial charge in [-0.2, -0.15) is 5.10 Å². The molecule has 5 heteroatoms. The molecule has 82 valence electrons. The average Bonchev–Trinajstić information content (AvgIpc) is 2.99. The highest BCUT2D eigenvalue weighted by molar-refractivity contribution is 5.26. The van der Waals surface area contributed by atoms with Gasteiger partial charge in [-0.25, -0.2) is 14.6 Å². The summed E-state index contributed by atoms with van der Waals surface area (Å²) in [6, 6.07) is 4.78. The largest absolute Gasteiger partial charge is 0.310 e. The third-order valence-corrected chi connectivity index (χ3v) is 2.64. The SMILES string of the molecule is c1cc(CNC2CC2)cc(-n2cncn2)n1. The van der Waals surface area contributed by atoms with Crippen molar-refractivity contribution < 1.29 is 0 Å². The summed E-state index contributed by atoms with van der Waals surface area (Å²) in [5, 5.41) is 7.53. The summed E-state index contributed by atoms with van der Waals surface area (Å²) >= 11 is 0. The molecule has 0 saturated heterocycles. The molecule has 0 aliphatic heterocycles. The predicted octanol–water partition coefficient (Wildman–Crippen LogP) is 0.914. The molecule has 3 rings (SSSR count). The van der Waals surface area contributed by atoms with E-state index in [1.54, 1.807) is 17.2 Å². The third kappa shape index (κ3) is 2.09. The van der Waals surface area contributed by atoms with Crippen molar-refractivity contribution in [1.29, 1.82) is 0 Å². The Balaban J connectivity index is 1.76. The van der Waals surface area contributed by atoms with E-state index >= 15 is 0 Å². The summed E-state index contributed by atoms with van der Waals surface area (Å²) in [7, 11) is 0. The summed E-state index contributed by atoms with van der Waals surface area (Å²) in [5.74, 6) is 0.813. The Morgan fingerprint density at radius 3 is 3.12 bits per heavy atom. The van der Waals surface area contributed by atoms with Gasteiger partial charge in [0.25, 0.3) is 0 Å². The standard InChI is InChI=1S/C11H13N5/c1-2-10(1)14-6-9-3-4-13-11(5-9)16-8-12-7-15-16/h3-5,7-8,10,14H,1-2,6H2. The highest BCUT2D eigenvalue weighted by atomic mass is 15.3. The Morgan fingerprint density at radius 1 is 1.44 bits per heavy atom. The van der Waals surface area contributed by atoms with Crippen LogP contribution in [0.3, 0.4) is 0 Å². The van der Waals surface area contributed by atoms with E-state index in [1.165, 1.54) is 24.7 Å². The summed E-state index contributed by atoms with van der Waals surface area (Å²) in [6.07, 6.45) is 7.58. The van der Waals surface area contributed by atoms with Crippen molar-refractivity contribution in [3.8, 4) is 5.82 Å². The van der Waals surface area contributed by atoms with Crippen LogP contribution in [-0.4, -0.2) is 25.8 Å². The zero-order chi connectivity index (χ0) is 10.8. The van der Waals surface area contributed by atoms with Crippen LogP contribution in [0.15, 0.2) is 31.0 Å². The van der Waals surface area contributed by atoms with E-state index in [2.05, 4.69) is 20.4 Å². The number of nitrogens with one attached hydrogen (secondary N) is 1. The van der Waals surface area contributed by atoms with E-state index in [1.807, 2.05) is 12.1 Å². The van der Waals surface area contributed by atoms with Crippen LogP contribution in [-0.2, 0) is 6.54 Å². The lowest BCUT2D eigenvalue weighted by molar-refractivity contribution is 0.685. The summed E-state index contributed by atoms with van der Waals surface area (Å²) < 4.78 is 1.67. The number of hydrogen-bond donors (Lipinski definition) is 1. The Morgan fingerprint density at radius 2 is 2.38 bits per heavy atom. The van der Waals surface area contributed by atoms with E-state index in [0.29, 0.717) is 0 Å². The van der Waals surface area contributed by atoms with Crippen LogP contribution in [0, 0.1) is 0 Å². The van der Waals surface area contributed by atoms with Gasteiger partial charge in [0.2, 0.25) is 0 Å². The second-order valence-electron chi connectivity index (χ2n) is 4.02. The van der Waals surface area contributed by atoms with Gasteiger partial charge in [-0.15, -0.1) is 0 Å². The first-order valence-corrected chi connectivity index (χ1v) is 5.45. The van der Waals surface area contributed by atoms with Crippen molar-refractivity contribution >= 4 is 0 Å². The number of nitrogens with zero attached hydrogens (tertiary/aromatic N) is 4. The van der Waals surface area contributed by atoms with Gasteiger partial charge in [-0.3, -0.25) is 0 Å². The van der Waals surface area contributed by atoms with Crippen molar-refractivity contribution in [3.63, 3.8) is 0 Å². The van der Waals surface area contributed by atoms with Crippen molar-refractivity contribution in [2.24, 2.45) is 0 Å². The Hall–Kier alpha value is -1.75. The third-order valence-electron chi connectivity index (χ3n) is 2.64. The lowest BCUT2D eigenvalue weighted by atomic mass is 10.2. The molecule has 0 bridgehead atoms. The summed E-state index contributed by atoms with van der Waals surface area (Å²) in [5.41, 5.74) is 1.23. The van der Waals surface area contributed by atoms with Gasteiger partial charge in [0.15, 0.2) is 5.82 Å². The first-order chi connectivity index (χ1) is 7.92. The molecule has 1 N–H and O–H groups in total. The van der Waals surface area contributed by atoms with Crippen molar-refractivity contribution in [3.05, 3.63) is 36.5 Å². The molecule has 0 unspecified atom stereocenters. The molecule has 0 spiro atoms. The molecule has 0 aromatic carbocycles. The van der Waals surface area contributed by atoms with Gasteiger partial charge in [-0.05, 0) is 30.5 Å². The molecule has 2 aromatic rings. The van der Waals surface area contributed by atoms with Crippen LogP contribution < -0.4 is 5.32 Å². The second-order valence-corrected chi connectivity index (χ2v) is 4.02. The molecule has 0 radical (unpaired) electrons. The molecule has 1 saturated carbocycles. The summed E-state index contributed by atoms with van der Waals surface area (Å²) in [6.45, 7) is 0.898. The second kappa shape index (κ2) is 4.02. The highest BCUT2D eigenvalue weighted by Gasteiger charge is 2.19. The topological polar surface area (TPSA) is 55.6 Å². The fraction of sp³-hybridized carbons (Fsp3) is 0.364. The zero-order valence-electron chi connectivity index (χ0n) is 8.87. The molecule has 2 heterocycles. The van der Waals surface area contributed by atoms with Crippen molar-refractivity contribution in [1.82, 2.24) is 25.1 Å². The van der Waals surface area contributed by atoms with Gasteiger partial charge < -0.3 is 5.32 Å². The van der Waals surface area contributed by atoms with Gasteiger partial charge in [0.1, 0.15) is 12.7 Å². The average molecular weight is 215 g/mol. The van der Waals surface area contributed by atoms with E-state index in [9.17, 15) is 0 Å². The molecule has 0 amide bonds. The van der Waals surface area contributed by atoms with E-state index in [-0.39, 0.29) is 0 Å². The molecule has 5 nitrogen and oxygen atoms in total. The minimum Gasteiger partial charge on any atom is -0.310 e. The maximum atomic E-state index is 4.26. The molecular formula is C11H13N5. The Kier molecular flexibility index (Phi) is 2.38. The number of hydrogen-bond acceptors (Lipinski definition) is 4. The van der Waals surface area contributed by atoms with Gasteiger partial charge >= 0.3 is 0 Å². The van der Waals surface area contributed by atoms with E-state index in [0.717, 1.165) is 18.4 Å². The maximum Gasteiger partial charge on any atom is 0.155 e. The van der Waals surface area contributed by atoms with Crippen LogP contribution in [0.5, 0.6) is 0 Å². The lowest BCUT2D eigenvalue weighted by Gasteiger charge is -2.04. The monoisotopic (exact) mass is 215 g/mol. The fourth-order valence-corrected chi connectivity index (χ4v) is 1.57. The minimum atomic E-state index is 0.725. The molecule has 2 aromatic heterocycles. The molecule has 16 heavy (non-hydrogen) atoms. The Labute approximate surface area is 93.5 Å². The van der Waals surface area contributed by atoms with Crippen LogP contribution in [0.4, 0.5) is 0 Å². The Bertz CT molecular complexity index is 461. The molecule has 1 fully saturated rings. The molecule has 1 aliphatic rings. The predicted molar refractivity (Wildman–Crippen MR) is 59.0 cm³/mol. The first kappa shape index (κ1) is 9.47. The van der Waals surface area contributed by atoms with Crippen LogP contribution >= 0.6 is 0 Å². The molecule has 0 atom stereocenters. The lowest BCUT2D eigenvalue weighted by Crippen LogP contribution is -2.15. The molecular weight excluding hydrogens is 202 g/mol. The smallest absolute Gasteiger partial charge is 0.155 e. The van der Waals surface area contributed by atoms with E-state index < -0.39 is 0 Å². The van der Waals surface area contributed by atoms with Gasteiger partial charge in [0.05, 0.1) is 0 Å². The van der Waals surface area contributed by atoms with Gasteiger partial charge in [-0.1, -0.05) is 0 Å². The number of rotatable bonds is 4. The van der Waals surface area contributed by atoms with Crippen LogP contribution in [0.2, 0.25) is 0 Å². The number of pyridine rings is 1. The van der Waals surface area contributed by atoms with Crippen molar-refractivity contribution in [2.45, 2.75) is 25.4 Å². The van der Waals surface area contributed by atoms with Crippen molar-refractivity contribution in [2.75, 3.05) is 0 Å². The minimum absolute atomic E-state index is 0.725. The first-order valence-electron chi connectivity index (χ1n) is 5.45. The quantitative estimate of drug-likeness (QED) is 0.823. The van der Waals surface area contributed by atoms with E-state index in [4.69, 9.17) is 0 Å². The van der Waals surface area contributed by atoms with Crippen LogP contribution in [0.25, 0.3) is 5.82 Å². The normalized spacial score (nSPS) is 15.2. The number of aromatic nitrogens is 4. The summed E-state index contributed by atoms with van der Waals surface area (Å²) in [4.78, 5) is 8.17. The van der Waals surface area contributed by atoms with Crippen LogP contribution in [0.1, 0.15) is 18.4 Å². The molecule has 1 aliphatic carbocycles. The van der Waals surface area contributed by atoms with Gasteiger partial charge in [0, 0.05) is 18.8 Å². The highest BCUT2D eigenvalue weighted by Crippen LogP contribution is 2.19. The zero-order valence-corrected chi connectivity index (χ0v) is 8.87. The fourth-order valence-electron chi connectivity index (χ4n) is 1.57.